The van der Waals surface area contributed by atoms with E-state index in [1.54, 1.807) is 28.1 Å². The van der Waals surface area contributed by atoms with Gasteiger partial charge in [0, 0.05) is 40.9 Å². The van der Waals surface area contributed by atoms with Crippen molar-refractivity contribution in [2.24, 2.45) is 0 Å². The molecule has 2 aromatic heterocycles. The van der Waals surface area contributed by atoms with E-state index in [1.165, 1.54) is 21.5 Å². The highest BCUT2D eigenvalue weighted by molar-refractivity contribution is 7.33. The van der Waals surface area contributed by atoms with E-state index in [4.69, 9.17) is 37.5 Å². The van der Waals surface area contributed by atoms with Gasteiger partial charge >= 0.3 is 19.6 Å². The monoisotopic (exact) mass is 1070 g/mol. The lowest BCUT2D eigenvalue weighted by atomic mass is 9.79. The van der Waals surface area contributed by atoms with Crippen LogP contribution >= 0.6 is 8.25 Å². The first-order valence-corrected chi connectivity index (χ1v) is 26.5. The maximum absolute atomic E-state index is 14.5. The normalized spacial score (nSPS) is 19.6. The predicted octanol–water partition coefficient (Wildman–Crippen LogP) is 8.74. The first kappa shape index (κ1) is 53.5. The van der Waals surface area contributed by atoms with Crippen LogP contribution in [0, 0.1) is 13.8 Å². The highest BCUT2D eigenvalue weighted by Crippen LogP contribution is 2.47. The van der Waals surface area contributed by atoms with E-state index in [0.717, 1.165) is 33.4 Å². The standard InChI is InChI=1S/C60H57N4O13P/c1-39-35-63(57(67)61-55(39)65)53-33-49(76-60(43-21-13-7-14-22-43,44-23-15-8-16-24-44)46-27-31-48(71-4)32-28-46)52(75-53)38-73-78(69)77-50-34-54(64-36-40(2)56(66)62-58(64)68)74-51(50)37-72-59(41-17-9-5-10-18-41,42-19-11-6-12-20-42)45-25-29-47(70-3)30-26-45/h5-32,35-36,49-54H,33-34,37-38H2,1-4H3,(H-,61,62,65,66,67,68)/p+1/t49-,50-,51+,52+,53+,54+/m0/s1. The molecule has 0 amide bonds. The van der Waals surface area contributed by atoms with Crippen LogP contribution in [0.1, 0.15) is 69.8 Å². The number of benzene rings is 6. The van der Waals surface area contributed by atoms with Gasteiger partial charge in [-0.05, 0) is 71.5 Å². The zero-order chi connectivity index (χ0) is 54.4. The molecule has 2 fully saturated rings. The molecule has 2 aliphatic heterocycles. The summed E-state index contributed by atoms with van der Waals surface area (Å²) in [6.45, 7) is 2.66. The Bertz CT molecular complexity index is 3500. The molecular weight excluding hydrogens is 1020 g/mol. The molecule has 6 aromatic carbocycles. The SMILES string of the molecule is COc1ccc(C(OC[C@H]2O[C@@H](n3cc(C)c(=O)[nH]c3=O)C[C@@H]2O[P+](=O)OC[C@H]2O[C@@H](n3cc(C)c(=O)[nH]c3=O)C[C@@H]2OC(c2ccccc2)(c2ccccc2)c2ccc(OC)cc2)(c2ccccc2)c2ccccc2)cc1. The molecule has 0 radical (unpaired) electrons. The summed E-state index contributed by atoms with van der Waals surface area (Å²) in [5.74, 6) is 1.29. The third-order valence-electron chi connectivity index (χ3n) is 14.3. The Kier molecular flexibility index (Phi) is 16.1. The van der Waals surface area contributed by atoms with Gasteiger partial charge in [0.1, 0.15) is 60.1 Å². The van der Waals surface area contributed by atoms with E-state index in [0.29, 0.717) is 11.5 Å². The first-order valence-electron chi connectivity index (χ1n) is 25.4. The molecule has 400 valence electrons. The van der Waals surface area contributed by atoms with Crippen molar-refractivity contribution >= 4 is 8.25 Å². The van der Waals surface area contributed by atoms with Gasteiger partial charge in [0.25, 0.3) is 11.1 Å². The van der Waals surface area contributed by atoms with Gasteiger partial charge in [-0.2, -0.15) is 0 Å². The lowest BCUT2D eigenvalue weighted by molar-refractivity contribution is -0.1000. The van der Waals surface area contributed by atoms with Crippen molar-refractivity contribution in [2.45, 2.75) is 74.8 Å². The Morgan fingerprint density at radius 2 is 0.885 bits per heavy atom. The second kappa shape index (κ2) is 23.4. The highest BCUT2D eigenvalue weighted by Gasteiger charge is 2.50. The molecule has 10 rings (SSSR count). The number of aromatic nitrogens is 4. The van der Waals surface area contributed by atoms with Gasteiger partial charge in [-0.1, -0.05) is 146 Å². The van der Waals surface area contributed by atoms with E-state index in [9.17, 15) is 23.7 Å². The van der Waals surface area contributed by atoms with Gasteiger partial charge in [-0.25, -0.2) is 9.59 Å². The van der Waals surface area contributed by atoms with Crippen LogP contribution in [-0.2, 0) is 43.8 Å². The maximum Gasteiger partial charge on any atom is 0.697 e. The zero-order valence-corrected chi connectivity index (χ0v) is 44.2. The van der Waals surface area contributed by atoms with Gasteiger partial charge in [0.15, 0.2) is 0 Å². The van der Waals surface area contributed by atoms with Gasteiger partial charge in [-0.15, -0.1) is 9.05 Å². The van der Waals surface area contributed by atoms with Crippen LogP contribution in [-0.4, -0.2) is 71.0 Å². The molecule has 0 bridgehead atoms. The number of rotatable bonds is 20. The molecule has 0 spiro atoms. The summed E-state index contributed by atoms with van der Waals surface area (Å²) in [5.41, 5.74) is 0.286. The largest absolute Gasteiger partial charge is 0.697 e. The van der Waals surface area contributed by atoms with Crippen LogP contribution in [0.2, 0.25) is 0 Å². The Morgan fingerprint density at radius 3 is 1.31 bits per heavy atom. The zero-order valence-electron chi connectivity index (χ0n) is 43.3. The number of ether oxygens (including phenoxy) is 6. The summed E-state index contributed by atoms with van der Waals surface area (Å²) >= 11 is 0. The van der Waals surface area contributed by atoms with Gasteiger partial charge in [0.05, 0.1) is 26.9 Å². The van der Waals surface area contributed by atoms with Gasteiger partial charge in [0.2, 0.25) is 0 Å². The molecule has 4 heterocycles. The number of hydrogen-bond donors (Lipinski definition) is 2. The fourth-order valence-corrected chi connectivity index (χ4v) is 11.2. The third-order valence-corrected chi connectivity index (χ3v) is 15.1. The number of aryl methyl sites for hydroxylation is 2. The fourth-order valence-electron chi connectivity index (χ4n) is 10.4. The Balaban J connectivity index is 0.984. The van der Waals surface area contributed by atoms with E-state index >= 15 is 0 Å². The van der Waals surface area contributed by atoms with Crippen LogP contribution in [0.25, 0.3) is 0 Å². The van der Waals surface area contributed by atoms with Crippen LogP contribution in [0.5, 0.6) is 11.5 Å². The van der Waals surface area contributed by atoms with E-state index < -0.39 is 78.8 Å². The number of aromatic amines is 2. The molecule has 18 heteroatoms. The summed E-state index contributed by atoms with van der Waals surface area (Å²) in [4.78, 5) is 56.7. The van der Waals surface area contributed by atoms with Crippen molar-refractivity contribution in [3.63, 3.8) is 0 Å². The minimum atomic E-state index is -3.00. The van der Waals surface area contributed by atoms with Crippen molar-refractivity contribution in [3.8, 4) is 11.5 Å². The first-order chi connectivity index (χ1) is 37.9. The lowest BCUT2D eigenvalue weighted by Gasteiger charge is -2.39. The van der Waals surface area contributed by atoms with Crippen LogP contribution in [0.3, 0.4) is 0 Å². The molecule has 2 saturated heterocycles. The molecule has 0 saturated carbocycles. The summed E-state index contributed by atoms with van der Waals surface area (Å²) in [6.07, 6.45) is -2.84. The summed E-state index contributed by atoms with van der Waals surface area (Å²) < 4.78 is 68.7. The number of H-pyrrole nitrogens is 2. The minimum absolute atomic E-state index is 0.00317. The summed E-state index contributed by atoms with van der Waals surface area (Å²) in [6, 6.07) is 54.0. The smallest absolute Gasteiger partial charge is 0.497 e. The molecule has 1 unspecified atom stereocenters. The van der Waals surface area contributed by atoms with Gasteiger partial charge in [-0.3, -0.25) is 28.7 Å². The van der Waals surface area contributed by atoms with E-state index in [2.05, 4.69) is 9.97 Å². The molecule has 7 atom stereocenters. The lowest BCUT2D eigenvalue weighted by Crippen LogP contribution is -2.41. The average Bonchev–Trinajstić information content (AvgIpc) is 4.23. The molecule has 2 N–H and O–H groups in total. The van der Waals surface area contributed by atoms with E-state index in [1.807, 2.05) is 170 Å². The number of hydrogen-bond acceptors (Lipinski definition) is 13. The number of nitrogens with zero attached hydrogens (tertiary/aromatic N) is 2. The van der Waals surface area contributed by atoms with Crippen molar-refractivity contribution in [2.75, 3.05) is 27.4 Å². The van der Waals surface area contributed by atoms with Crippen LogP contribution < -0.4 is 32.0 Å². The quantitative estimate of drug-likeness (QED) is 0.0543. The molecular formula is C60H58N4O13P+. The van der Waals surface area contributed by atoms with Crippen molar-refractivity contribution < 1.29 is 42.0 Å². The summed E-state index contributed by atoms with van der Waals surface area (Å²) in [5, 5.41) is 0. The minimum Gasteiger partial charge on any atom is -0.497 e. The Hall–Kier alpha value is -7.86. The molecule has 17 nitrogen and oxygen atoms in total. The maximum atomic E-state index is 14.5. The highest BCUT2D eigenvalue weighted by atomic mass is 31.1. The second-order valence-electron chi connectivity index (χ2n) is 19.1. The van der Waals surface area contributed by atoms with Crippen molar-refractivity contribution in [3.05, 3.63) is 268 Å². The predicted molar refractivity (Wildman–Crippen MR) is 290 cm³/mol. The summed E-state index contributed by atoms with van der Waals surface area (Å²) in [7, 11) is 0.188. The Morgan fingerprint density at radius 1 is 0.513 bits per heavy atom. The number of methoxy groups -OCH3 is 2. The van der Waals surface area contributed by atoms with Crippen LogP contribution in [0.15, 0.2) is 201 Å². The van der Waals surface area contributed by atoms with Crippen molar-refractivity contribution in [1.29, 1.82) is 0 Å². The Labute approximate surface area is 449 Å². The molecule has 2 aliphatic rings. The van der Waals surface area contributed by atoms with E-state index in [-0.39, 0.29) is 37.2 Å². The molecule has 0 aliphatic carbocycles. The molecule has 78 heavy (non-hydrogen) atoms. The topological polar surface area (TPSA) is 201 Å². The second-order valence-corrected chi connectivity index (χ2v) is 20.0. The average molecular weight is 1070 g/mol. The van der Waals surface area contributed by atoms with Crippen LogP contribution in [0.4, 0.5) is 0 Å². The third kappa shape index (κ3) is 10.9. The van der Waals surface area contributed by atoms with Crippen molar-refractivity contribution in [1.82, 2.24) is 19.1 Å². The number of nitrogens with one attached hydrogen (secondary N) is 2. The fraction of sp³-hybridized carbons (Fsp3) is 0.267. The molecule has 8 aromatic rings. The van der Waals surface area contributed by atoms with Gasteiger partial charge < -0.3 is 28.4 Å².